The molecule has 6 heteroatoms. The van der Waals surface area contributed by atoms with E-state index >= 15 is 0 Å². The summed E-state index contributed by atoms with van der Waals surface area (Å²) in [4.78, 5) is 18.5. The van der Waals surface area contributed by atoms with Crippen molar-refractivity contribution in [2.75, 3.05) is 23.3 Å². The van der Waals surface area contributed by atoms with Crippen molar-refractivity contribution in [3.8, 4) is 0 Å². The average Bonchev–Trinajstić information content (AvgIpc) is 3.01. The highest BCUT2D eigenvalue weighted by atomic mass is 19.1. The van der Waals surface area contributed by atoms with E-state index in [0.29, 0.717) is 5.69 Å². The Balaban J connectivity index is 1.70. The number of hydrogen-bond donors (Lipinski definition) is 1. The molecule has 1 fully saturated rings. The van der Waals surface area contributed by atoms with Crippen molar-refractivity contribution in [1.82, 2.24) is 4.98 Å². The lowest BCUT2D eigenvalue weighted by atomic mass is 10.2. The number of hydrogen-bond acceptors (Lipinski definition) is 3. The van der Waals surface area contributed by atoms with Crippen LogP contribution >= 0.6 is 0 Å². The second-order valence-electron chi connectivity index (χ2n) is 5.21. The van der Waals surface area contributed by atoms with Gasteiger partial charge in [-0.2, -0.15) is 0 Å². The highest BCUT2D eigenvalue weighted by Gasteiger charge is 2.14. The quantitative estimate of drug-likeness (QED) is 0.947. The van der Waals surface area contributed by atoms with Crippen molar-refractivity contribution in [1.29, 1.82) is 0 Å². The summed E-state index contributed by atoms with van der Waals surface area (Å²) in [5.74, 6) is -1.28. The van der Waals surface area contributed by atoms with E-state index in [1.807, 2.05) is 6.07 Å². The largest absolute Gasteiger partial charge is 0.357 e. The zero-order chi connectivity index (χ0) is 15.5. The molecule has 1 aliphatic heterocycles. The van der Waals surface area contributed by atoms with Crippen LogP contribution in [0.4, 0.5) is 20.3 Å². The molecule has 1 amide bonds. The van der Waals surface area contributed by atoms with Gasteiger partial charge in [-0.15, -0.1) is 0 Å². The topological polar surface area (TPSA) is 45.2 Å². The number of benzene rings is 1. The molecule has 0 unspecified atom stereocenters. The van der Waals surface area contributed by atoms with Crippen LogP contribution in [-0.4, -0.2) is 24.0 Å². The SMILES string of the molecule is O=C(Nc1ccc(N2CCCC2)nc1)c1cc(F)cc(F)c1. The fraction of sp³-hybridized carbons (Fsp3) is 0.250. The molecule has 114 valence electrons. The van der Waals surface area contributed by atoms with Crippen LogP contribution in [0, 0.1) is 11.6 Å². The van der Waals surface area contributed by atoms with Gasteiger partial charge < -0.3 is 10.2 Å². The Kier molecular flexibility index (Phi) is 4.00. The number of anilines is 2. The average molecular weight is 303 g/mol. The number of nitrogens with one attached hydrogen (secondary N) is 1. The number of aromatic nitrogens is 1. The van der Waals surface area contributed by atoms with Crippen LogP contribution in [0.1, 0.15) is 23.2 Å². The molecule has 3 rings (SSSR count). The molecule has 22 heavy (non-hydrogen) atoms. The maximum Gasteiger partial charge on any atom is 0.255 e. The number of rotatable bonds is 3. The van der Waals surface area contributed by atoms with Gasteiger partial charge in [-0.05, 0) is 37.1 Å². The molecular weight excluding hydrogens is 288 g/mol. The van der Waals surface area contributed by atoms with E-state index in [2.05, 4.69) is 15.2 Å². The van der Waals surface area contributed by atoms with Crippen LogP contribution in [0.3, 0.4) is 0 Å². The number of carbonyl (C=O) groups is 1. The first-order chi connectivity index (χ1) is 10.6. The molecule has 0 bridgehead atoms. The second kappa shape index (κ2) is 6.09. The molecule has 4 nitrogen and oxygen atoms in total. The van der Waals surface area contributed by atoms with Crippen LogP contribution in [-0.2, 0) is 0 Å². The third kappa shape index (κ3) is 3.21. The lowest BCUT2D eigenvalue weighted by Crippen LogP contribution is -2.19. The second-order valence-corrected chi connectivity index (χ2v) is 5.21. The first-order valence-corrected chi connectivity index (χ1v) is 7.10. The predicted octanol–water partition coefficient (Wildman–Crippen LogP) is 3.21. The summed E-state index contributed by atoms with van der Waals surface area (Å²) < 4.78 is 26.2. The Hall–Kier alpha value is -2.50. The van der Waals surface area contributed by atoms with E-state index in [0.717, 1.165) is 49.9 Å². The molecule has 0 radical (unpaired) electrons. The van der Waals surface area contributed by atoms with Gasteiger partial charge in [-0.25, -0.2) is 13.8 Å². The molecule has 2 aromatic rings. The summed E-state index contributed by atoms with van der Waals surface area (Å²) in [6.45, 7) is 1.97. The van der Waals surface area contributed by atoms with Gasteiger partial charge in [-0.1, -0.05) is 0 Å². The van der Waals surface area contributed by atoms with Gasteiger partial charge in [0.1, 0.15) is 17.5 Å². The van der Waals surface area contributed by atoms with Gasteiger partial charge in [0, 0.05) is 24.7 Å². The van der Waals surface area contributed by atoms with Crippen molar-refractivity contribution in [2.24, 2.45) is 0 Å². The third-order valence-corrected chi connectivity index (χ3v) is 3.56. The molecule has 1 aliphatic rings. The summed E-state index contributed by atoms with van der Waals surface area (Å²) in [5, 5.41) is 2.58. The van der Waals surface area contributed by atoms with Crippen LogP contribution in [0.15, 0.2) is 36.5 Å². The zero-order valence-corrected chi connectivity index (χ0v) is 11.9. The Morgan fingerprint density at radius 1 is 1.09 bits per heavy atom. The zero-order valence-electron chi connectivity index (χ0n) is 11.9. The highest BCUT2D eigenvalue weighted by Crippen LogP contribution is 2.19. The molecule has 0 spiro atoms. The molecule has 0 atom stereocenters. The Bertz CT molecular complexity index is 662. The lowest BCUT2D eigenvalue weighted by Gasteiger charge is -2.16. The number of pyridine rings is 1. The fourth-order valence-electron chi connectivity index (χ4n) is 2.48. The smallest absolute Gasteiger partial charge is 0.255 e. The van der Waals surface area contributed by atoms with Crippen molar-refractivity contribution in [3.05, 3.63) is 53.7 Å². The first kappa shape index (κ1) is 14.4. The minimum Gasteiger partial charge on any atom is -0.357 e. The molecule has 1 aromatic carbocycles. The molecule has 1 aromatic heterocycles. The minimum atomic E-state index is -0.785. The van der Waals surface area contributed by atoms with Gasteiger partial charge >= 0.3 is 0 Å². The minimum absolute atomic E-state index is 0.0684. The molecule has 1 saturated heterocycles. The van der Waals surface area contributed by atoms with Crippen molar-refractivity contribution in [3.63, 3.8) is 0 Å². The van der Waals surface area contributed by atoms with Crippen LogP contribution in [0.5, 0.6) is 0 Å². The van der Waals surface area contributed by atoms with Crippen LogP contribution < -0.4 is 10.2 Å². The Morgan fingerprint density at radius 2 is 1.77 bits per heavy atom. The number of amides is 1. The summed E-state index contributed by atoms with van der Waals surface area (Å²) in [6.07, 6.45) is 3.86. The highest BCUT2D eigenvalue weighted by molar-refractivity contribution is 6.04. The van der Waals surface area contributed by atoms with E-state index in [9.17, 15) is 13.6 Å². The molecule has 2 heterocycles. The van der Waals surface area contributed by atoms with Crippen LogP contribution in [0.25, 0.3) is 0 Å². The Morgan fingerprint density at radius 3 is 2.36 bits per heavy atom. The lowest BCUT2D eigenvalue weighted by molar-refractivity contribution is 0.102. The molecule has 0 saturated carbocycles. The maximum atomic E-state index is 13.1. The van der Waals surface area contributed by atoms with Gasteiger partial charge in [-0.3, -0.25) is 4.79 Å². The van der Waals surface area contributed by atoms with E-state index in [-0.39, 0.29) is 5.56 Å². The summed E-state index contributed by atoms with van der Waals surface area (Å²) in [6, 6.07) is 6.26. The van der Waals surface area contributed by atoms with Gasteiger partial charge in [0.15, 0.2) is 0 Å². The predicted molar refractivity (Wildman–Crippen MR) is 80.0 cm³/mol. The van der Waals surface area contributed by atoms with E-state index < -0.39 is 17.5 Å². The van der Waals surface area contributed by atoms with Crippen molar-refractivity contribution < 1.29 is 13.6 Å². The standard InChI is InChI=1S/C16H15F2N3O/c17-12-7-11(8-13(18)9-12)16(22)20-14-3-4-15(19-10-14)21-5-1-2-6-21/h3-4,7-10H,1-2,5-6H2,(H,20,22). The molecular formula is C16H15F2N3O. The van der Waals surface area contributed by atoms with Crippen molar-refractivity contribution >= 4 is 17.4 Å². The third-order valence-electron chi connectivity index (χ3n) is 3.56. The maximum absolute atomic E-state index is 13.1. The number of nitrogens with zero attached hydrogens (tertiary/aromatic N) is 2. The summed E-state index contributed by atoms with van der Waals surface area (Å²) in [5.41, 5.74) is 0.415. The first-order valence-electron chi connectivity index (χ1n) is 7.10. The van der Waals surface area contributed by atoms with Crippen molar-refractivity contribution in [2.45, 2.75) is 12.8 Å². The van der Waals surface area contributed by atoms with E-state index in [4.69, 9.17) is 0 Å². The fourth-order valence-corrected chi connectivity index (χ4v) is 2.48. The van der Waals surface area contributed by atoms with E-state index in [1.165, 1.54) is 0 Å². The summed E-state index contributed by atoms with van der Waals surface area (Å²) in [7, 11) is 0. The van der Waals surface area contributed by atoms with Crippen LogP contribution in [0.2, 0.25) is 0 Å². The number of halogens is 2. The number of carbonyl (C=O) groups excluding carboxylic acids is 1. The van der Waals surface area contributed by atoms with Gasteiger partial charge in [0.25, 0.3) is 5.91 Å². The molecule has 1 N–H and O–H groups in total. The van der Waals surface area contributed by atoms with Gasteiger partial charge in [0.05, 0.1) is 11.9 Å². The summed E-state index contributed by atoms with van der Waals surface area (Å²) >= 11 is 0. The normalized spacial score (nSPS) is 14.2. The van der Waals surface area contributed by atoms with Gasteiger partial charge in [0.2, 0.25) is 0 Å². The monoisotopic (exact) mass is 303 g/mol. The Labute approximate surface area is 126 Å². The van der Waals surface area contributed by atoms with E-state index in [1.54, 1.807) is 12.3 Å². The molecule has 0 aliphatic carbocycles.